The molecule has 0 unspecified atom stereocenters. The molecule has 1 aliphatic rings. The number of pyridine rings is 1. The van der Waals surface area contributed by atoms with Gasteiger partial charge in [0.05, 0.1) is 24.4 Å². The van der Waals surface area contributed by atoms with E-state index in [-0.39, 0.29) is 36.7 Å². The zero-order valence-corrected chi connectivity index (χ0v) is 12.6. The molecule has 1 saturated heterocycles. The standard InChI is InChI=1S/C13H18N2O2.2ClH/c1-2-17-13(16)11-5-8-15(9-6-11)12-4-3-7-14-10-12;;/h3-4,7,10-11H,2,5-6,8-9H2,1H3;2*1H. The van der Waals surface area contributed by atoms with Crippen LogP contribution in [0.25, 0.3) is 0 Å². The maximum atomic E-state index is 11.6. The molecular formula is C13H20Cl2N2O2. The lowest BCUT2D eigenvalue weighted by Gasteiger charge is -2.32. The van der Waals surface area contributed by atoms with Crippen molar-refractivity contribution in [3.63, 3.8) is 0 Å². The average molecular weight is 307 g/mol. The average Bonchev–Trinajstić information content (AvgIpc) is 2.40. The van der Waals surface area contributed by atoms with Crippen LogP contribution in [0.1, 0.15) is 19.8 Å². The summed E-state index contributed by atoms with van der Waals surface area (Å²) in [6.45, 7) is 4.12. The predicted molar refractivity (Wildman–Crippen MR) is 80.3 cm³/mol. The maximum absolute atomic E-state index is 11.6. The Labute approximate surface area is 126 Å². The van der Waals surface area contributed by atoms with E-state index >= 15 is 0 Å². The fraction of sp³-hybridized carbons (Fsp3) is 0.538. The first-order chi connectivity index (χ1) is 8.31. The van der Waals surface area contributed by atoms with Crippen molar-refractivity contribution in [3.05, 3.63) is 24.5 Å². The molecule has 0 atom stereocenters. The van der Waals surface area contributed by atoms with Gasteiger partial charge in [-0.05, 0) is 31.9 Å². The number of aromatic nitrogens is 1. The number of carbonyl (C=O) groups is 1. The second kappa shape index (κ2) is 8.99. The molecule has 0 aromatic carbocycles. The van der Waals surface area contributed by atoms with Crippen LogP contribution < -0.4 is 4.90 Å². The molecule has 1 aliphatic heterocycles. The fourth-order valence-electron chi connectivity index (χ4n) is 2.17. The van der Waals surface area contributed by atoms with Gasteiger partial charge in [0.15, 0.2) is 0 Å². The zero-order valence-electron chi connectivity index (χ0n) is 10.9. The molecule has 4 nitrogen and oxygen atoms in total. The number of rotatable bonds is 3. The Morgan fingerprint density at radius 2 is 2.11 bits per heavy atom. The first kappa shape index (κ1) is 18.0. The lowest BCUT2D eigenvalue weighted by atomic mass is 9.97. The molecule has 1 aromatic rings. The van der Waals surface area contributed by atoms with Crippen LogP contribution in [-0.4, -0.2) is 30.6 Å². The van der Waals surface area contributed by atoms with E-state index in [4.69, 9.17) is 4.74 Å². The third-order valence-electron chi connectivity index (χ3n) is 3.13. The van der Waals surface area contributed by atoms with Crippen molar-refractivity contribution in [1.82, 2.24) is 4.98 Å². The van der Waals surface area contributed by atoms with E-state index < -0.39 is 0 Å². The lowest BCUT2D eigenvalue weighted by Crippen LogP contribution is -2.37. The smallest absolute Gasteiger partial charge is 0.309 e. The van der Waals surface area contributed by atoms with Crippen molar-refractivity contribution in [1.29, 1.82) is 0 Å². The lowest BCUT2D eigenvalue weighted by molar-refractivity contribution is -0.148. The molecule has 0 bridgehead atoms. The number of piperidine rings is 1. The molecular weight excluding hydrogens is 287 g/mol. The van der Waals surface area contributed by atoms with Gasteiger partial charge in [0, 0.05) is 19.3 Å². The Bertz CT molecular complexity index is 368. The fourth-order valence-corrected chi connectivity index (χ4v) is 2.17. The normalized spacial score (nSPS) is 15.1. The third kappa shape index (κ3) is 4.88. The number of hydrogen-bond donors (Lipinski definition) is 0. The Hall–Kier alpha value is -1.00. The molecule has 0 spiro atoms. The topological polar surface area (TPSA) is 42.4 Å². The van der Waals surface area contributed by atoms with Crippen LogP contribution in [0.3, 0.4) is 0 Å². The monoisotopic (exact) mass is 306 g/mol. The summed E-state index contributed by atoms with van der Waals surface area (Å²) < 4.78 is 5.05. The van der Waals surface area contributed by atoms with Crippen molar-refractivity contribution in [2.45, 2.75) is 19.8 Å². The third-order valence-corrected chi connectivity index (χ3v) is 3.13. The highest BCUT2D eigenvalue weighted by Gasteiger charge is 2.25. The number of halogens is 2. The summed E-state index contributed by atoms with van der Waals surface area (Å²) in [6.07, 6.45) is 5.38. The quantitative estimate of drug-likeness (QED) is 0.805. The first-order valence-corrected chi connectivity index (χ1v) is 6.13. The summed E-state index contributed by atoms with van der Waals surface area (Å²) >= 11 is 0. The van der Waals surface area contributed by atoms with Gasteiger partial charge in [-0.1, -0.05) is 0 Å². The molecule has 1 fully saturated rings. The van der Waals surface area contributed by atoms with E-state index in [2.05, 4.69) is 16.0 Å². The predicted octanol–water partition coefficient (Wildman–Crippen LogP) is 2.70. The van der Waals surface area contributed by atoms with Gasteiger partial charge < -0.3 is 9.64 Å². The largest absolute Gasteiger partial charge is 0.466 e. The highest BCUT2D eigenvalue weighted by molar-refractivity contribution is 5.85. The number of ether oxygens (including phenoxy) is 1. The van der Waals surface area contributed by atoms with Crippen molar-refractivity contribution in [2.75, 3.05) is 24.6 Å². The molecule has 0 amide bonds. The van der Waals surface area contributed by atoms with Crippen molar-refractivity contribution >= 4 is 36.5 Å². The summed E-state index contributed by atoms with van der Waals surface area (Å²) in [4.78, 5) is 18.0. The van der Waals surface area contributed by atoms with Gasteiger partial charge in [-0.25, -0.2) is 0 Å². The highest BCUT2D eigenvalue weighted by Crippen LogP contribution is 2.23. The summed E-state index contributed by atoms with van der Waals surface area (Å²) in [5, 5.41) is 0. The molecule has 0 N–H and O–H groups in total. The summed E-state index contributed by atoms with van der Waals surface area (Å²) in [5.74, 6) is 0.0289. The van der Waals surface area contributed by atoms with E-state index in [1.54, 1.807) is 6.20 Å². The number of carbonyl (C=O) groups excluding carboxylic acids is 1. The second-order valence-corrected chi connectivity index (χ2v) is 4.22. The van der Waals surface area contributed by atoms with Crippen molar-refractivity contribution < 1.29 is 9.53 Å². The van der Waals surface area contributed by atoms with E-state index in [1.165, 1.54) is 0 Å². The van der Waals surface area contributed by atoms with Gasteiger partial charge in [0.2, 0.25) is 0 Å². The minimum absolute atomic E-state index is 0. The molecule has 2 rings (SSSR count). The Balaban J connectivity index is 0.00000162. The minimum atomic E-state index is -0.0432. The number of esters is 1. The Morgan fingerprint density at radius 1 is 1.42 bits per heavy atom. The first-order valence-electron chi connectivity index (χ1n) is 6.13. The molecule has 2 heterocycles. The molecule has 1 aromatic heterocycles. The summed E-state index contributed by atoms with van der Waals surface area (Å²) in [5.41, 5.74) is 1.13. The Morgan fingerprint density at radius 3 is 2.63 bits per heavy atom. The van der Waals surface area contributed by atoms with Gasteiger partial charge in [-0.2, -0.15) is 0 Å². The second-order valence-electron chi connectivity index (χ2n) is 4.22. The van der Waals surface area contributed by atoms with Crippen LogP contribution in [0, 0.1) is 5.92 Å². The van der Waals surface area contributed by atoms with Gasteiger partial charge in [0.25, 0.3) is 0 Å². The molecule has 0 saturated carbocycles. The molecule has 0 radical (unpaired) electrons. The van der Waals surface area contributed by atoms with Crippen LogP contribution in [0.5, 0.6) is 0 Å². The van der Waals surface area contributed by atoms with Crippen LogP contribution in [0.2, 0.25) is 0 Å². The van der Waals surface area contributed by atoms with Crippen molar-refractivity contribution in [2.24, 2.45) is 5.92 Å². The zero-order chi connectivity index (χ0) is 12.1. The highest BCUT2D eigenvalue weighted by atomic mass is 35.5. The molecule has 0 aliphatic carbocycles. The molecule has 19 heavy (non-hydrogen) atoms. The van der Waals surface area contributed by atoms with Crippen LogP contribution in [0.4, 0.5) is 5.69 Å². The van der Waals surface area contributed by atoms with Crippen LogP contribution >= 0.6 is 24.8 Å². The van der Waals surface area contributed by atoms with E-state index in [0.29, 0.717) is 6.61 Å². The van der Waals surface area contributed by atoms with Gasteiger partial charge in [0.1, 0.15) is 0 Å². The number of hydrogen-bond acceptors (Lipinski definition) is 4. The van der Waals surface area contributed by atoms with E-state index in [0.717, 1.165) is 31.6 Å². The van der Waals surface area contributed by atoms with E-state index in [9.17, 15) is 4.79 Å². The van der Waals surface area contributed by atoms with E-state index in [1.807, 2.05) is 19.2 Å². The van der Waals surface area contributed by atoms with Gasteiger partial charge >= 0.3 is 5.97 Å². The molecule has 6 heteroatoms. The summed E-state index contributed by atoms with van der Waals surface area (Å²) in [7, 11) is 0. The number of anilines is 1. The van der Waals surface area contributed by atoms with Gasteiger partial charge in [-0.3, -0.25) is 9.78 Å². The maximum Gasteiger partial charge on any atom is 0.309 e. The van der Waals surface area contributed by atoms with Crippen LogP contribution in [-0.2, 0) is 9.53 Å². The SMILES string of the molecule is CCOC(=O)C1CCN(c2cccnc2)CC1.Cl.Cl. The minimum Gasteiger partial charge on any atom is -0.466 e. The molecule has 108 valence electrons. The van der Waals surface area contributed by atoms with Crippen molar-refractivity contribution in [3.8, 4) is 0 Å². The summed E-state index contributed by atoms with van der Waals surface area (Å²) in [6, 6.07) is 3.99. The Kier molecular flexibility index (Phi) is 8.52. The number of nitrogens with zero attached hydrogens (tertiary/aromatic N) is 2. The van der Waals surface area contributed by atoms with Gasteiger partial charge in [-0.15, -0.1) is 24.8 Å². The van der Waals surface area contributed by atoms with Crippen LogP contribution in [0.15, 0.2) is 24.5 Å².